The molecule has 0 amide bonds. The van der Waals surface area contributed by atoms with Gasteiger partial charge in [-0.15, -0.1) is 0 Å². The predicted molar refractivity (Wildman–Crippen MR) is 78.1 cm³/mol. The molecule has 1 rings (SSSR count). The number of carboxylic acid groups (broad SMARTS) is 1. The van der Waals surface area contributed by atoms with Gasteiger partial charge in [0.15, 0.2) is 0 Å². The normalized spacial score (nSPS) is 11.1. The largest absolute Gasteiger partial charge is 0.478 e. The molecule has 1 aromatic rings. The van der Waals surface area contributed by atoms with E-state index in [1.807, 2.05) is 0 Å². The Kier molecular flexibility index (Phi) is 5.60. The van der Waals surface area contributed by atoms with Crippen LogP contribution in [0.4, 0.5) is 5.82 Å². The lowest BCUT2D eigenvalue weighted by Crippen LogP contribution is -2.32. The van der Waals surface area contributed by atoms with Gasteiger partial charge in [-0.05, 0) is 17.9 Å². The molecule has 0 aliphatic carbocycles. The van der Waals surface area contributed by atoms with Crippen molar-refractivity contribution in [1.29, 1.82) is 0 Å². The highest BCUT2D eigenvalue weighted by atomic mass is 35.5. The number of halogens is 1. The molecule has 19 heavy (non-hydrogen) atoms. The van der Waals surface area contributed by atoms with E-state index in [0.29, 0.717) is 17.7 Å². The minimum absolute atomic E-state index is 0.101. The number of hydrogen-bond donors (Lipinski definition) is 1. The van der Waals surface area contributed by atoms with Gasteiger partial charge >= 0.3 is 5.97 Å². The number of rotatable bonds is 6. The van der Waals surface area contributed by atoms with Crippen LogP contribution in [0.2, 0.25) is 5.02 Å². The Labute approximate surface area is 119 Å². The van der Waals surface area contributed by atoms with E-state index in [4.69, 9.17) is 16.7 Å². The number of nitrogens with zero attached hydrogens (tertiary/aromatic N) is 2. The van der Waals surface area contributed by atoms with Gasteiger partial charge in [-0.25, -0.2) is 9.78 Å². The van der Waals surface area contributed by atoms with E-state index in [1.165, 1.54) is 12.3 Å². The number of aromatic carboxylic acids is 1. The van der Waals surface area contributed by atoms with E-state index in [0.717, 1.165) is 13.1 Å². The molecule has 0 aliphatic heterocycles. The van der Waals surface area contributed by atoms with E-state index < -0.39 is 5.97 Å². The number of hydrogen-bond acceptors (Lipinski definition) is 3. The maximum absolute atomic E-state index is 11.1. The van der Waals surface area contributed by atoms with Gasteiger partial charge in [0.25, 0.3) is 0 Å². The van der Waals surface area contributed by atoms with Gasteiger partial charge in [-0.1, -0.05) is 39.3 Å². The zero-order chi connectivity index (χ0) is 14.6. The van der Waals surface area contributed by atoms with Crippen molar-refractivity contribution < 1.29 is 9.90 Å². The molecule has 0 saturated carbocycles. The Balaban J connectivity index is 3.14. The fourth-order valence-electron chi connectivity index (χ4n) is 1.95. The van der Waals surface area contributed by atoms with Gasteiger partial charge in [0.05, 0.1) is 10.6 Å². The second-order valence-corrected chi connectivity index (χ2v) is 5.87. The zero-order valence-corrected chi connectivity index (χ0v) is 12.6. The van der Waals surface area contributed by atoms with Crippen molar-refractivity contribution in [1.82, 2.24) is 4.98 Å². The maximum atomic E-state index is 11.1. The number of anilines is 1. The van der Waals surface area contributed by atoms with Crippen LogP contribution >= 0.6 is 11.6 Å². The molecule has 0 saturated heterocycles. The molecule has 0 spiro atoms. The van der Waals surface area contributed by atoms with Crippen LogP contribution in [0.15, 0.2) is 12.3 Å². The summed E-state index contributed by atoms with van der Waals surface area (Å²) in [6.07, 6.45) is 1.50. The van der Waals surface area contributed by atoms with Crippen molar-refractivity contribution in [3.05, 3.63) is 22.8 Å². The quantitative estimate of drug-likeness (QED) is 0.868. The van der Waals surface area contributed by atoms with Crippen LogP contribution < -0.4 is 4.90 Å². The smallest absolute Gasteiger partial charge is 0.337 e. The third kappa shape index (κ3) is 4.39. The van der Waals surface area contributed by atoms with Crippen LogP contribution in [0, 0.1) is 11.8 Å². The summed E-state index contributed by atoms with van der Waals surface area (Å²) in [5.74, 6) is 0.432. The fraction of sp³-hybridized carbons (Fsp3) is 0.571. The number of carbonyl (C=O) groups is 1. The molecule has 1 aromatic heterocycles. The third-order valence-corrected chi connectivity index (χ3v) is 2.94. The molecular formula is C14H21ClN2O2. The van der Waals surface area contributed by atoms with Crippen LogP contribution in [0.25, 0.3) is 0 Å². The Morgan fingerprint density at radius 2 is 1.84 bits per heavy atom. The van der Waals surface area contributed by atoms with Gasteiger partial charge in [0, 0.05) is 19.3 Å². The minimum Gasteiger partial charge on any atom is -0.478 e. The molecule has 4 nitrogen and oxygen atoms in total. The first-order valence-electron chi connectivity index (χ1n) is 6.45. The summed E-state index contributed by atoms with van der Waals surface area (Å²) in [6.45, 7) is 10.1. The Bertz CT molecular complexity index is 437. The fourth-order valence-corrected chi connectivity index (χ4v) is 2.26. The first-order valence-corrected chi connectivity index (χ1v) is 6.83. The molecule has 0 bridgehead atoms. The summed E-state index contributed by atoms with van der Waals surface area (Å²) in [5.41, 5.74) is 0.101. The highest BCUT2D eigenvalue weighted by molar-refractivity contribution is 6.35. The topological polar surface area (TPSA) is 53.4 Å². The van der Waals surface area contributed by atoms with Gasteiger partial charge < -0.3 is 10.0 Å². The van der Waals surface area contributed by atoms with Crippen molar-refractivity contribution in [2.45, 2.75) is 27.7 Å². The molecule has 5 heteroatoms. The van der Waals surface area contributed by atoms with Crippen molar-refractivity contribution >= 4 is 23.4 Å². The molecule has 0 radical (unpaired) electrons. The van der Waals surface area contributed by atoms with Gasteiger partial charge in [-0.3, -0.25) is 0 Å². The first-order chi connectivity index (χ1) is 8.82. The van der Waals surface area contributed by atoms with E-state index >= 15 is 0 Å². The molecule has 0 aromatic carbocycles. The monoisotopic (exact) mass is 284 g/mol. The van der Waals surface area contributed by atoms with Crippen LogP contribution in [-0.4, -0.2) is 29.1 Å². The van der Waals surface area contributed by atoms with Gasteiger partial charge in [0.2, 0.25) is 0 Å². The van der Waals surface area contributed by atoms with Gasteiger partial charge in [-0.2, -0.15) is 0 Å². The Morgan fingerprint density at radius 1 is 1.32 bits per heavy atom. The minimum atomic E-state index is -1.03. The second kappa shape index (κ2) is 6.75. The Morgan fingerprint density at radius 3 is 2.26 bits per heavy atom. The standard InChI is InChI=1S/C14H21ClN2O2/c1-9(2)7-17(8-10(3)4)13-12(15)11(14(18)19)5-6-16-13/h5-6,9-10H,7-8H2,1-4H3,(H,18,19). The van der Waals surface area contributed by atoms with E-state index in [-0.39, 0.29) is 10.6 Å². The number of carboxylic acids is 1. The van der Waals surface area contributed by atoms with Gasteiger partial charge in [0.1, 0.15) is 5.82 Å². The molecular weight excluding hydrogens is 264 g/mol. The first kappa shape index (κ1) is 15.8. The average molecular weight is 285 g/mol. The SMILES string of the molecule is CC(C)CN(CC(C)C)c1nccc(C(=O)O)c1Cl. The molecule has 0 fully saturated rings. The lowest BCUT2D eigenvalue weighted by atomic mass is 10.1. The summed E-state index contributed by atoms with van der Waals surface area (Å²) in [4.78, 5) is 17.4. The van der Waals surface area contributed by atoms with Crippen molar-refractivity contribution in [2.24, 2.45) is 11.8 Å². The molecule has 0 unspecified atom stereocenters. The lowest BCUT2D eigenvalue weighted by molar-refractivity contribution is 0.0697. The zero-order valence-electron chi connectivity index (χ0n) is 11.9. The van der Waals surface area contributed by atoms with Crippen molar-refractivity contribution in [2.75, 3.05) is 18.0 Å². The second-order valence-electron chi connectivity index (χ2n) is 5.49. The molecule has 1 heterocycles. The summed E-state index contributed by atoms with van der Waals surface area (Å²) < 4.78 is 0. The van der Waals surface area contributed by atoms with Crippen LogP contribution in [0.1, 0.15) is 38.1 Å². The molecule has 0 aliphatic rings. The highest BCUT2D eigenvalue weighted by Crippen LogP contribution is 2.28. The summed E-state index contributed by atoms with van der Waals surface area (Å²) in [7, 11) is 0. The predicted octanol–water partition coefficient (Wildman–Crippen LogP) is 3.55. The maximum Gasteiger partial charge on any atom is 0.337 e. The van der Waals surface area contributed by atoms with Crippen LogP contribution in [0.5, 0.6) is 0 Å². The average Bonchev–Trinajstić information content (AvgIpc) is 2.26. The number of pyridine rings is 1. The van der Waals surface area contributed by atoms with Crippen LogP contribution in [-0.2, 0) is 0 Å². The molecule has 1 N–H and O–H groups in total. The lowest BCUT2D eigenvalue weighted by Gasteiger charge is -2.28. The molecule has 106 valence electrons. The van der Waals surface area contributed by atoms with E-state index in [1.54, 1.807) is 0 Å². The summed E-state index contributed by atoms with van der Waals surface area (Å²) >= 11 is 6.18. The third-order valence-electron chi connectivity index (χ3n) is 2.57. The van der Waals surface area contributed by atoms with Crippen LogP contribution in [0.3, 0.4) is 0 Å². The molecule has 0 atom stereocenters. The summed E-state index contributed by atoms with van der Waals surface area (Å²) in [5, 5.41) is 9.32. The Hall–Kier alpha value is -1.29. The van der Waals surface area contributed by atoms with Crippen molar-refractivity contribution in [3.63, 3.8) is 0 Å². The van der Waals surface area contributed by atoms with E-state index in [2.05, 4.69) is 37.6 Å². The summed E-state index contributed by atoms with van der Waals surface area (Å²) in [6, 6.07) is 1.43. The highest BCUT2D eigenvalue weighted by Gasteiger charge is 2.19. The number of aromatic nitrogens is 1. The van der Waals surface area contributed by atoms with E-state index in [9.17, 15) is 4.79 Å². The van der Waals surface area contributed by atoms with Crippen molar-refractivity contribution in [3.8, 4) is 0 Å².